The minimum atomic E-state index is -0.924. The number of ketones is 2. The van der Waals surface area contributed by atoms with Crippen LogP contribution in [0.4, 0.5) is 0 Å². The first kappa shape index (κ1) is 47.8. The topological polar surface area (TPSA) is 101 Å². The smallest absolute Gasteiger partial charge is 0.303 e. The lowest BCUT2D eigenvalue weighted by atomic mass is 9.92. The van der Waals surface area contributed by atoms with E-state index in [0.29, 0.717) is 12.8 Å². The number of nitrogens with one attached hydrogen (secondary N) is 1. The molecule has 1 atom stereocenters. The number of allylic oxidation sites excluding steroid dienone is 4. The number of amides is 1. The Morgan fingerprint density at radius 2 is 0.880 bits per heavy atom. The third-order valence-corrected chi connectivity index (χ3v) is 9.67. The van der Waals surface area contributed by atoms with E-state index in [1.165, 1.54) is 116 Å². The maximum absolute atomic E-state index is 13.1. The highest BCUT2D eigenvalue weighted by Gasteiger charge is 2.22. The molecule has 0 aliphatic heterocycles. The van der Waals surface area contributed by atoms with Gasteiger partial charge in [0.25, 0.3) is 0 Å². The van der Waals surface area contributed by atoms with Crippen LogP contribution in [0.1, 0.15) is 219 Å². The van der Waals surface area contributed by atoms with E-state index < -0.39 is 11.9 Å². The van der Waals surface area contributed by atoms with Gasteiger partial charge in [-0.3, -0.25) is 19.2 Å². The molecule has 0 radical (unpaired) electrons. The third-order valence-electron chi connectivity index (χ3n) is 9.67. The van der Waals surface area contributed by atoms with Gasteiger partial charge < -0.3 is 10.4 Å². The van der Waals surface area contributed by atoms with Crippen LogP contribution in [0, 0.1) is 5.92 Å². The number of carboxylic acid groups (broad SMARTS) is 1. The second kappa shape index (κ2) is 38.0. The van der Waals surface area contributed by atoms with E-state index in [4.69, 9.17) is 5.11 Å². The number of aliphatic carboxylic acids is 1. The van der Waals surface area contributed by atoms with Crippen molar-refractivity contribution in [1.29, 1.82) is 0 Å². The second-order valence-electron chi connectivity index (χ2n) is 14.6. The van der Waals surface area contributed by atoms with Crippen LogP contribution in [0.5, 0.6) is 0 Å². The standard InChI is InChI=1S/C44H79NO5/c1-3-5-7-9-11-13-15-17-19-21-23-25-27-29-31-34-41(46)38-40(39-45-43(48)36-33-37-44(49)50)42(47)35-32-30-28-26-24-22-20-18-16-14-12-10-8-6-4-2/h17-20,40H,3-16,21-39H2,1-2H3,(H,45,48)(H,49,50). The fourth-order valence-electron chi connectivity index (χ4n) is 6.37. The molecule has 0 aromatic heterocycles. The van der Waals surface area contributed by atoms with E-state index in [0.717, 1.165) is 51.4 Å². The summed E-state index contributed by atoms with van der Waals surface area (Å²) in [7, 11) is 0. The molecular weight excluding hydrogens is 622 g/mol. The van der Waals surface area contributed by atoms with Crippen molar-refractivity contribution in [2.75, 3.05) is 6.54 Å². The summed E-state index contributed by atoms with van der Waals surface area (Å²) >= 11 is 0. The van der Waals surface area contributed by atoms with Crippen LogP contribution >= 0.6 is 0 Å². The summed E-state index contributed by atoms with van der Waals surface area (Å²) in [6.45, 7) is 4.67. The minimum absolute atomic E-state index is 0.0559. The highest BCUT2D eigenvalue weighted by molar-refractivity contribution is 5.88. The van der Waals surface area contributed by atoms with Crippen LogP contribution in [0.3, 0.4) is 0 Å². The maximum Gasteiger partial charge on any atom is 0.303 e. The number of rotatable bonds is 39. The molecule has 2 N–H and O–H groups in total. The van der Waals surface area contributed by atoms with Crippen LogP contribution in [-0.4, -0.2) is 35.1 Å². The number of carbonyl (C=O) groups excluding carboxylic acids is 3. The molecule has 0 aromatic rings. The summed E-state index contributed by atoms with van der Waals surface area (Å²) < 4.78 is 0. The van der Waals surface area contributed by atoms with Gasteiger partial charge >= 0.3 is 5.97 Å². The quantitative estimate of drug-likeness (QED) is 0.0491. The summed E-state index contributed by atoms with van der Waals surface area (Å²) in [6.07, 6.45) is 42.2. The van der Waals surface area contributed by atoms with Crippen molar-refractivity contribution < 1.29 is 24.3 Å². The Labute approximate surface area is 308 Å². The summed E-state index contributed by atoms with van der Waals surface area (Å²) in [5, 5.41) is 11.6. The monoisotopic (exact) mass is 702 g/mol. The Hall–Kier alpha value is -2.24. The highest BCUT2D eigenvalue weighted by Crippen LogP contribution is 2.17. The largest absolute Gasteiger partial charge is 0.481 e. The van der Waals surface area contributed by atoms with E-state index in [9.17, 15) is 19.2 Å². The van der Waals surface area contributed by atoms with Crippen molar-refractivity contribution in [3.8, 4) is 0 Å². The third kappa shape index (κ3) is 35.6. The number of unbranched alkanes of at least 4 members (excludes halogenated alkanes) is 22. The molecule has 0 rings (SSSR count). The Balaban J connectivity index is 4.26. The first-order valence-electron chi connectivity index (χ1n) is 21.2. The van der Waals surface area contributed by atoms with E-state index in [1.54, 1.807) is 0 Å². The lowest BCUT2D eigenvalue weighted by molar-refractivity contribution is -0.137. The zero-order valence-electron chi connectivity index (χ0n) is 32.8. The van der Waals surface area contributed by atoms with Crippen molar-refractivity contribution in [1.82, 2.24) is 5.32 Å². The molecule has 0 spiro atoms. The molecule has 6 nitrogen and oxygen atoms in total. The maximum atomic E-state index is 13.1. The van der Waals surface area contributed by atoms with Gasteiger partial charge in [0, 0.05) is 44.6 Å². The molecule has 0 saturated carbocycles. The van der Waals surface area contributed by atoms with Crippen molar-refractivity contribution >= 4 is 23.4 Å². The summed E-state index contributed by atoms with van der Waals surface area (Å²) in [5.41, 5.74) is 0. The van der Waals surface area contributed by atoms with E-state index in [-0.39, 0.29) is 49.7 Å². The first-order chi connectivity index (χ1) is 24.4. The van der Waals surface area contributed by atoms with Crippen LogP contribution in [0.25, 0.3) is 0 Å². The fourth-order valence-corrected chi connectivity index (χ4v) is 6.37. The molecule has 0 saturated heterocycles. The van der Waals surface area contributed by atoms with Gasteiger partial charge in [0.05, 0.1) is 0 Å². The van der Waals surface area contributed by atoms with Gasteiger partial charge in [-0.25, -0.2) is 0 Å². The van der Waals surface area contributed by atoms with Gasteiger partial charge in [-0.1, -0.05) is 141 Å². The van der Waals surface area contributed by atoms with Crippen molar-refractivity contribution in [2.45, 2.75) is 219 Å². The molecule has 6 heteroatoms. The fraction of sp³-hybridized carbons (Fsp3) is 0.818. The van der Waals surface area contributed by atoms with Gasteiger partial charge in [-0.2, -0.15) is 0 Å². The van der Waals surface area contributed by atoms with Crippen molar-refractivity contribution in [3.63, 3.8) is 0 Å². The Kier molecular flexibility index (Phi) is 36.3. The zero-order chi connectivity index (χ0) is 36.8. The molecule has 0 aliphatic carbocycles. The van der Waals surface area contributed by atoms with Crippen LogP contribution in [0.15, 0.2) is 24.3 Å². The SMILES string of the molecule is CCCCCCCCC=CCCCCCCCC(=O)CC(CNC(=O)CCCC(=O)O)C(=O)CCCCCCCC=CCCCCCCCC. The molecule has 50 heavy (non-hydrogen) atoms. The van der Waals surface area contributed by atoms with Crippen LogP contribution in [-0.2, 0) is 19.2 Å². The molecule has 0 aromatic carbocycles. The predicted molar refractivity (Wildman–Crippen MR) is 212 cm³/mol. The van der Waals surface area contributed by atoms with Gasteiger partial charge in [-0.05, 0) is 70.6 Å². The molecule has 1 amide bonds. The highest BCUT2D eigenvalue weighted by atomic mass is 16.4. The van der Waals surface area contributed by atoms with Crippen molar-refractivity contribution in [2.24, 2.45) is 5.92 Å². The Morgan fingerprint density at radius 1 is 0.480 bits per heavy atom. The summed E-state index contributed by atoms with van der Waals surface area (Å²) in [4.78, 5) is 49.0. The Bertz CT molecular complexity index is 880. The van der Waals surface area contributed by atoms with E-state index in [2.05, 4.69) is 43.5 Å². The lowest BCUT2D eigenvalue weighted by Gasteiger charge is -2.16. The molecular formula is C44H79NO5. The number of carbonyl (C=O) groups is 4. The van der Waals surface area contributed by atoms with E-state index in [1.807, 2.05) is 0 Å². The zero-order valence-corrected chi connectivity index (χ0v) is 32.8. The van der Waals surface area contributed by atoms with Gasteiger partial charge in [-0.15, -0.1) is 0 Å². The van der Waals surface area contributed by atoms with E-state index >= 15 is 0 Å². The average Bonchev–Trinajstić information content (AvgIpc) is 3.09. The predicted octanol–water partition coefficient (Wildman–Crippen LogP) is 12.6. The number of hydrogen-bond donors (Lipinski definition) is 2. The van der Waals surface area contributed by atoms with Crippen LogP contribution < -0.4 is 5.32 Å². The number of carboxylic acids is 1. The molecule has 290 valence electrons. The molecule has 1 unspecified atom stereocenters. The van der Waals surface area contributed by atoms with Crippen LogP contribution in [0.2, 0.25) is 0 Å². The summed E-state index contributed by atoms with van der Waals surface area (Å²) in [6, 6.07) is 0. The van der Waals surface area contributed by atoms with Gasteiger partial charge in [0.1, 0.15) is 11.6 Å². The van der Waals surface area contributed by atoms with Crippen molar-refractivity contribution in [3.05, 3.63) is 24.3 Å². The molecule has 0 fully saturated rings. The molecule has 0 heterocycles. The lowest BCUT2D eigenvalue weighted by Crippen LogP contribution is -2.34. The molecule has 0 bridgehead atoms. The number of hydrogen-bond acceptors (Lipinski definition) is 4. The van der Waals surface area contributed by atoms with Gasteiger partial charge in [0.2, 0.25) is 5.91 Å². The van der Waals surface area contributed by atoms with Gasteiger partial charge in [0.15, 0.2) is 0 Å². The summed E-state index contributed by atoms with van der Waals surface area (Å²) in [5.74, 6) is -1.51. The normalized spacial score (nSPS) is 12.2. The molecule has 0 aliphatic rings. The Morgan fingerprint density at radius 3 is 1.32 bits per heavy atom. The first-order valence-corrected chi connectivity index (χ1v) is 21.2. The second-order valence-corrected chi connectivity index (χ2v) is 14.6. The number of Topliss-reactive ketones (excluding diaryl/α,β-unsaturated/α-hetero) is 2. The average molecular weight is 702 g/mol. The minimum Gasteiger partial charge on any atom is -0.481 e.